The largest absolute Gasteiger partial charge is 0.382 e. The zero-order valence-corrected chi connectivity index (χ0v) is 13.1. The summed E-state index contributed by atoms with van der Waals surface area (Å²) in [4.78, 5) is 3.72. The lowest BCUT2D eigenvalue weighted by Crippen LogP contribution is -2.13. The predicted octanol–water partition coefficient (Wildman–Crippen LogP) is 3.07. The number of nitrogens with zero attached hydrogens (tertiary/aromatic N) is 1. The molecule has 3 N–H and O–H groups in total. The first-order valence-corrected chi connectivity index (χ1v) is 8.31. The number of hydrogen-bond donors (Lipinski definition) is 2. The summed E-state index contributed by atoms with van der Waals surface area (Å²) in [6, 6.07) is 8.53. The molecular formula is C14H16ClN3O2S. The highest BCUT2D eigenvalue weighted by Crippen LogP contribution is 2.22. The van der Waals surface area contributed by atoms with Crippen LogP contribution < -0.4 is 10.5 Å². The molecule has 21 heavy (non-hydrogen) atoms. The second-order valence-corrected chi connectivity index (χ2v) is 6.68. The zero-order chi connectivity index (χ0) is 15.5. The standard InChI is InChI=1S/C14H16ClN3O2S/c1-2-3-10-4-6-11(7-5-10)18-21(19,20)12-8-13(15)14(16)17-9-12/h4-9,18H,2-3H2,1H3,(H2,16,17). The minimum atomic E-state index is -3.73. The lowest BCUT2D eigenvalue weighted by Gasteiger charge is -2.09. The van der Waals surface area contributed by atoms with E-state index in [0.29, 0.717) is 5.69 Å². The van der Waals surface area contributed by atoms with Crippen LogP contribution in [0.4, 0.5) is 11.5 Å². The number of nitrogens with two attached hydrogens (primary N) is 1. The minimum Gasteiger partial charge on any atom is -0.382 e. The zero-order valence-electron chi connectivity index (χ0n) is 11.5. The molecule has 0 aliphatic rings. The summed E-state index contributed by atoms with van der Waals surface area (Å²) in [6.07, 6.45) is 3.18. The second-order valence-electron chi connectivity index (χ2n) is 4.59. The van der Waals surface area contributed by atoms with Gasteiger partial charge in [-0.3, -0.25) is 4.72 Å². The number of pyridine rings is 1. The Morgan fingerprint density at radius 1 is 1.29 bits per heavy atom. The fourth-order valence-corrected chi connectivity index (χ4v) is 3.08. The lowest BCUT2D eigenvalue weighted by atomic mass is 10.1. The molecule has 1 aromatic heterocycles. The van der Waals surface area contributed by atoms with Gasteiger partial charge >= 0.3 is 0 Å². The van der Waals surface area contributed by atoms with E-state index in [0.717, 1.165) is 18.4 Å². The van der Waals surface area contributed by atoms with Gasteiger partial charge in [0, 0.05) is 11.9 Å². The van der Waals surface area contributed by atoms with Gasteiger partial charge in [-0.1, -0.05) is 37.1 Å². The minimum absolute atomic E-state index is 0.0284. The molecule has 1 aromatic carbocycles. The Morgan fingerprint density at radius 2 is 1.95 bits per heavy atom. The van der Waals surface area contributed by atoms with Crippen LogP contribution >= 0.6 is 11.6 Å². The van der Waals surface area contributed by atoms with Gasteiger partial charge in [-0.05, 0) is 30.2 Å². The van der Waals surface area contributed by atoms with Crippen LogP contribution in [0.25, 0.3) is 0 Å². The van der Waals surface area contributed by atoms with Gasteiger partial charge in [-0.2, -0.15) is 0 Å². The fourth-order valence-electron chi connectivity index (χ4n) is 1.82. The summed E-state index contributed by atoms with van der Waals surface area (Å²) in [5, 5.41) is 0.108. The molecule has 112 valence electrons. The van der Waals surface area contributed by atoms with E-state index in [1.165, 1.54) is 12.3 Å². The van der Waals surface area contributed by atoms with Gasteiger partial charge in [-0.15, -0.1) is 0 Å². The number of benzene rings is 1. The molecule has 0 saturated heterocycles. The van der Waals surface area contributed by atoms with E-state index in [4.69, 9.17) is 17.3 Å². The summed E-state index contributed by atoms with van der Waals surface area (Å²) >= 11 is 5.80. The van der Waals surface area contributed by atoms with Crippen LogP contribution in [0.5, 0.6) is 0 Å². The number of aryl methyl sites for hydroxylation is 1. The Balaban J connectivity index is 2.22. The lowest BCUT2D eigenvalue weighted by molar-refractivity contribution is 0.601. The summed E-state index contributed by atoms with van der Waals surface area (Å²) in [7, 11) is -3.73. The molecule has 0 bridgehead atoms. The maximum absolute atomic E-state index is 12.2. The molecule has 0 aliphatic carbocycles. The smallest absolute Gasteiger partial charge is 0.263 e. The SMILES string of the molecule is CCCc1ccc(NS(=O)(=O)c2cnc(N)c(Cl)c2)cc1. The Morgan fingerprint density at radius 3 is 2.52 bits per heavy atom. The Hall–Kier alpha value is -1.79. The molecule has 0 saturated carbocycles. The van der Waals surface area contributed by atoms with E-state index in [-0.39, 0.29) is 15.7 Å². The van der Waals surface area contributed by atoms with Crippen LogP contribution in [0.15, 0.2) is 41.4 Å². The maximum Gasteiger partial charge on any atom is 0.263 e. The Labute approximate surface area is 129 Å². The number of halogens is 1. The summed E-state index contributed by atoms with van der Waals surface area (Å²) in [6.45, 7) is 2.09. The highest BCUT2D eigenvalue weighted by molar-refractivity contribution is 7.92. The van der Waals surface area contributed by atoms with Gasteiger partial charge in [0.2, 0.25) is 0 Å². The molecule has 5 nitrogen and oxygen atoms in total. The van der Waals surface area contributed by atoms with Gasteiger partial charge in [0.1, 0.15) is 10.7 Å². The van der Waals surface area contributed by atoms with Crippen LogP contribution in [0.1, 0.15) is 18.9 Å². The topological polar surface area (TPSA) is 85.1 Å². The third kappa shape index (κ3) is 3.86. The monoisotopic (exact) mass is 325 g/mol. The molecule has 2 aromatic rings. The number of nitrogens with one attached hydrogen (secondary N) is 1. The summed E-state index contributed by atoms with van der Waals surface area (Å²) in [5.41, 5.74) is 7.12. The molecule has 0 spiro atoms. The highest BCUT2D eigenvalue weighted by Gasteiger charge is 2.16. The molecule has 0 unspecified atom stereocenters. The van der Waals surface area contributed by atoms with Crippen molar-refractivity contribution in [3.8, 4) is 0 Å². The predicted molar refractivity (Wildman–Crippen MR) is 84.9 cm³/mol. The molecule has 0 fully saturated rings. The molecule has 7 heteroatoms. The maximum atomic E-state index is 12.2. The average molecular weight is 326 g/mol. The first-order valence-electron chi connectivity index (χ1n) is 6.45. The Bertz CT molecular complexity index is 730. The van der Waals surface area contributed by atoms with Crippen molar-refractivity contribution in [2.24, 2.45) is 0 Å². The number of hydrogen-bond acceptors (Lipinski definition) is 4. The van der Waals surface area contributed by atoms with Crippen LogP contribution in [-0.2, 0) is 16.4 Å². The van der Waals surface area contributed by atoms with Crippen molar-refractivity contribution in [3.63, 3.8) is 0 Å². The van der Waals surface area contributed by atoms with E-state index in [1.54, 1.807) is 12.1 Å². The summed E-state index contributed by atoms with van der Waals surface area (Å²) < 4.78 is 26.9. The molecule has 0 atom stereocenters. The van der Waals surface area contributed by atoms with E-state index in [9.17, 15) is 8.42 Å². The van der Waals surface area contributed by atoms with Gasteiger partial charge < -0.3 is 5.73 Å². The molecule has 0 radical (unpaired) electrons. The van der Waals surface area contributed by atoms with Crippen molar-refractivity contribution in [2.75, 3.05) is 10.5 Å². The van der Waals surface area contributed by atoms with Crippen molar-refractivity contribution in [1.29, 1.82) is 0 Å². The van der Waals surface area contributed by atoms with Crippen molar-refractivity contribution in [1.82, 2.24) is 4.98 Å². The number of sulfonamides is 1. The van der Waals surface area contributed by atoms with Crippen LogP contribution in [0, 0.1) is 0 Å². The molecule has 0 amide bonds. The third-order valence-electron chi connectivity index (χ3n) is 2.90. The molecule has 1 heterocycles. The van der Waals surface area contributed by atoms with Crippen LogP contribution in [0.3, 0.4) is 0 Å². The highest BCUT2D eigenvalue weighted by atomic mass is 35.5. The summed E-state index contributed by atoms with van der Waals surface area (Å²) in [5.74, 6) is 0.0968. The van der Waals surface area contributed by atoms with Gasteiger partial charge in [0.15, 0.2) is 0 Å². The second kappa shape index (κ2) is 6.32. The first kappa shape index (κ1) is 15.6. The van der Waals surface area contributed by atoms with Crippen molar-refractivity contribution < 1.29 is 8.42 Å². The van der Waals surface area contributed by atoms with Crippen LogP contribution in [-0.4, -0.2) is 13.4 Å². The number of rotatable bonds is 5. The van der Waals surface area contributed by atoms with Crippen LogP contribution in [0.2, 0.25) is 5.02 Å². The molecule has 0 aliphatic heterocycles. The van der Waals surface area contributed by atoms with Gasteiger partial charge in [0.25, 0.3) is 10.0 Å². The van der Waals surface area contributed by atoms with E-state index < -0.39 is 10.0 Å². The Kier molecular flexibility index (Phi) is 4.69. The number of nitrogen functional groups attached to an aromatic ring is 1. The van der Waals surface area contributed by atoms with E-state index in [1.807, 2.05) is 12.1 Å². The third-order valence-corrected chi connectivity index (χ3v) is 4.55. The van der Waals surface area contributed by atoms with Crippen molar-refractivity contribution >= 4 is 33.1 Å². The van der Waals surface area contributed by atoms with E-state index in [2.05, 4.69) is 16.6 Å². The van der Waals surface area contributed by atoms with Gasteiger partial charge in [0.05, 0.1) is 5.02 Å². The first-order chi connectivity index (χ1) is 9.92. The van der Waals surface area contributed by atoms with Crippen molar-refractivity contribution in [2.45, 2.75) is 24.7 Å². The van der Waals surface area contributed by atoms with E-state index >= 15 is 0 Å². The normalized spacial score (nSPS) is 11.3. The average Bonchev–Trinajstić information content (AvgIpc) is 2.44. The molecule has 2 rings (SSSR count). The van der Waals surface area contributed by atoms with Gasteiger partial charge in [-0.25, -0.2) is 13.4 Å². The fraction of sp³-hybridized carbons (Fsp3) is 0.214. The quantitative estimate of drug-likeness (QED) is 0.884. The molecular weight excluding hydrogens is 310 g/mol. The number of aromatic nitrogens is 1. The number of anilines is 2. The van der Waals surface area contributed by atoms with Crippen molar-refractivity contribution in [3.05, 3.63) is 47.1 Å².